The molecule has 1 heterocycles. The van der Waals surface area contributed by atoms with Crippen molar-refractivity contribution in [2.45, 2.75) is 38.6 Å². The molecule has 24 heavy (non-hydrogen) atoms. The number of rotatable bonds is 7. The van der Waals surface area contributed by atoms with E-state index in [4.69, 9.17) is 5.73 Å². The molecule has 0 bridgehead atoms. The lowest BCUT2D eigenvalue weighted by atomic mass is 9.99. The summed E-state index contributed by atoms with van der Waals surface area (Å²) in [5, 5.41) is 2.90. The van der Waals surface area contributed by atoms with Crippen molar-refractivity contribution in [2.24, 2.45) is 5.73 Å². The lowest BCUT2D eigenvalue weighted by Crippen LogP contribution is -2.32. The number of carbonyl (C=O) groups excluding carboxylic acids is 1. The third kappa shape index (κ3) is 6.30. The number of pyridine rings is 1. The van der Waals surface area contributed by atoms with Crippen LogP contribution in [-0.2, 0) is 11.2 Å². The van der Waals surface area contributed by atoms with E-state index < -0.39 is 0 Å². The molecule has 1 aromatic heterocycles. The molecule has 1 unspecified atom stereocenters. The zero-order valence-corrected chi connectivity index (χ0v) is 15.1. The fourth-order valence-corrected chi connectivity index (χ4v) is 2.35. The lowest BCUT2D eigenvalue weighted by molar-refractivity contribution is -0.121. The maximum absolute atomic E-state index is 11.9. The second-order valence-electron chi connectivity index (χ2n) is 6.05. The summed E-state index contributed by atoms with van der Waals surface area (Å²) < 4.78 is 0. The molecule has 0 radical (unpaired) electrons. The smallest absolute Gasteiger partial charge is 0.220 e. The monoisotopic (exact) mass is 347 g/mol. The number of nitrogens with two attached hydrogens (primary N) is 1. The molecule has 0 aliphatic heterocycles. The van der Waals surface area contributed by atoms with Crippen LogP contribution in [0.5, 0.6) is 0 Å². The van der Waals surface area contributed by atoms with Crippen LogP contribution in [0.3, 0.4) is 0 Å². The van der Waals surface area contributed by atoms with Gasteiger partial charge in [-0.05, 0) is 35.6 Å². The van der Waals surface area contributed by atoms with E-state index in [1.165, 1.54) is 5.56 Å². The molecule has 5 heteroatoms. The molecule has 1 amide bonds. The molecule has 0 aliphatic carbocycles. The van der Waals surface area contributed by atoms with Gasteiger partial charge < -0.3 is 11.1 Å². The van der Waals surface area contributed by atoms with Gasteiger partial charge in [0.25, 0.3) is 0 Å². The minimum Gasteiger partial charge on any atom is -0.354 e. The molecule has 0 saturated heterocycles. The second kappa shape index (κ2) is 10.1. The van der Waals surface area contributed by atoms with Gasteiger partial charge in [0.2, 0.25) is 5.91 Å². The summed E-state index contributed by atoms with van der Waals surface area (Å²) in [7, 11) is 0. The van der Waals surface area contributed by atoms with E-state index in [1.807, 2.05) is 30.3 Å². The number of halogens is 1. The van der Waals surface area contributed by atoms with Crippen LogP contribution in [0.2, 0.25) is 0 Å². The molecule has 2 rings (SSSR count). The van der Waals surface area contributed by atoms with Gasteiger partial charge in [-0.3, -0.25) is 9.78 Å². The van der Waals surface area contributed by atoms with Crippen LogP contribution >= 0.6 is 12.4 Å². The lowest BCUT2D eigenvalue weighted by Gasteiger charge is -2.14. The highest BCUT2D eigenvalue weighted by Crippen LogP contribution is 2.17. The summed E-state index contributed by atoms with van der Waals surface area (Å²) in [5.41, 5.74) is 9.41. The van der Waals surface area contributed by atoms with Crippen LogP contribution in [0, 0.1) is 0 Å². The molecule has 0 aliphatic rings. The van der Waals surface area contributed by atoms with Crippen molar-refractivity contribution < 1.29 is 4.79 Å². The van der Waals surface area contributed by atoms with Crippen molar-refractivity contribution in [3.05, 3.63) is 65.5 Å². The van der Waals surface area contributed by atoms with Crippen molar-refractivity contribution in [1.29, 1.82) is 0 Å². The first kappa shape index (κ1) is 20.1. The number of nitrogens with zero attached hydrogens (tertiary/aromatic N) is 1. The molecule has 0 spiro atoms. The highest BCUT2D eigenvalue weighted by Gasteiger charge is 2.09. The Morgan fingerprint density at radius 2 is 1.79 bits per heavy atom. The van der Waals surface area contributed by atoms with E-state index in [0.717, 1.165) is 11.3 Å². The van der Waals surface area contributed by atoms with E-state index in [1.54, 1.807) is 6.20 Å². The van der Waals surface area contributed by atoms with Crippen molar-refractivity contribution in [3.63, 3.8) is 0 Å². The largest absolute Gasteiger partial charge is 0.354 e. The van der Waals surface area contributed by atoms with E-state index in [0.29, 0.717) is 25.3 Å². The van der Waals surface area contributed by atoms with E-state index in [-0.39, 0.29) is 24.4 Å². The summed E-state index contributed by atoms with van der Waals surface area (Å²) in [6.07, 6.45) is 2.81. The minimum atomic E-state index is -0.185. The third-order valence-electron chi connectivity index (χ3n) is 3.88. The van der Waals surface area contributed by atoms with Crippen LogP contribution in [0.1, 0.15) is 49.0 Å². The number of benzene rings is 1. The van der Waals surface area contributed by atoms with Gasteiger partial charge in [-0.2, -0.15) is 0 Å². The van der Waals surface area contributed by atoms with Crippen molar-refractivity contribution in [2.75, 3.05) is 6.54 Å². The summed E-state index contributed by atoms with van der Waals surface area (Å²) >= 11 is 0. The van der Waals surface area contributed by atoms with Crippen LogP contribution in [0.15, 0.2) is 48.7 Å². The predicted molar refractivity (Wildman–Crippen MR) is 100 cm³/mol. The molecule has 3 N–H and O–H groups in total. The fourth-order valence-electron chi connectivity index (χ4n) is 2.35. The molecule has 1 atom stereocenters. The van der Waals surface area contributed by atoms with Crippen LogP contribution in [0.25, 0.3) is 0 Å². The Morgan fingerprint density at radius 1 is 1.12 bits per heavy atom. The summed E-state index contributed by atoms with van der Waals surface area (Å²) in [6.45, 7) is 4.77. The van der Waals surface area contributed by atoms with Gasteiger partial charge in [0.05, 0.1) is 0 Å². The molecule has 0 fully saturated rings. The Hall–Kier alpha value is -1.91. The average Bonchev–Trinajstić information content (AvgIpc) is 2.58. The predicted octanol–water partition coefficient (Wildman–Crippen LogP) is 3.38. The third-order valence-corrected chi connectivity index (χ3v) is 3.88. The van der Waals surface area contributed by atoms with Gasteiger partial charge in [0.1, 0.15) is 0 Å². The zero-order valence-electron chi connectivity index (χ0n) is 14.2. The second-order valence-corrected chi connectivity index (χ2v) is 6.05. The number of hydrogen-bond donors (Lipinski definition) is 2. The summed E-state index contributed by atoms with van der Waals surface area (Å²) in [6, 6.07) is 13.8. The Kier molecular flexibility index (Phi) is 8.44. The SMILES string of the molecule is CC(C)c1ccc(C(N)CNC(=O)CCc2ccccn2)cc1.Cl. The summed E-state index contributed by atoms with van der Waals surface area (Å²) in [4.78, 5) is 16.1. The fraction of sp³-hybridized carbons (Fsp3) is 0.368. The Balaban J connectivity index is 0.00000288. The quantitative estimate of drug-likeness (QED) is 0.806. The normalized spacial score (nSPS) is 11.7. The average molecular weight is 348 g/mol. The van der Waals surface area contributed by atoms with Gasteiger partial charge >= 0.3 is 0 Å². The van der Waals surface area contributed by atoms with Gasteiger partial charge in [0, 0.05) is 30.9 Å². The first-order chi connectivity index (χ1) is 11.1. The Morgan fingerprint density at radius 3 is 2.38 bits per heavy atom. The highest BCUT2D eigenvalue weighted by atomic mass is 35.5. The van der Waals surface area contributed by atoms with Crippen LogP contribution in [0.4, 0.5) is 0 Å². The van der Waals surface area contributed by atoms with Gasteiger partial charge in [-0.15, -0.1) is 12.4 Å². The van der Waals surface area contributed by atoms with Crippen molar-refractivity contribution >= 4 is 18.3 Å². The number of nitrogens with one attached hydrogen (secondary N) is 1. The molecule has 4 nitrogen and oxygen atoms in total. The van der Waals surface area contributed by atoms with E-state index in [9.17, 15) is 4.79 Å². The van der Waals surface area contributed by atoms with Crippen LogP contribution < -0.4 is 11.1 Å². The first-order valence-electron chi connectivity index (χ1n) is 8.08. The van der Waals surface area contributed by atoms with E-state index >= 15 is 0 Å². The number of hydrogen-bond acceptors (Lipinski definition) is 3. The van der Waals surface area contributed by atoms with Gasteiger partial charge in [0.15, 0.2) is 0 Å². The number of aromatic nitrogens is 1. The van der Waals surface area contributed by atoms with Gasteiger partial charge in [-0.1, -0.05) is 44.2 Å². The maximum atomic E-state index is 11.9. The number of aryl methyl sites for hydroxylation is 1. The molecule has 2 aromatic rings. The Labute approximate surface area is 150 Å². The molecule has 1 aromatic carbocycles. The molecular weight excluding hydrogens is 322 g/mol. The number of carbonyl (C=O) groups is 1. The maximum Gasteiger partial charge on any atom is 0.220 e. The summed E-state index contributed by atoms with van der Waals surface area (Å²) in [5.74, 6) is 0.511. The highest BCUT2D eigenvalue weighted by molar-refractivity contribution is 5.85. The molecule has 130 valence electrons. The van der Waals surface area contributed by atoms with Crippen molar-refractivity contribution in [1.82, 2.24) is 10.3 Å². The first-order valence-corrected chi connectivity index (χ1v) is 8.08. The zero-order chi connectivity index (χ0) is 16.7. The minimum absolute atomic E-state index is 0. The number of amides is 1. The molecular formula is C19H26ClN3O. The standard InChI is InChI=1S/C19H25N3O.ClH/c1-14(2)15-6-8-16(9-7-15)18(20)13-22-19(23)11-10-17-5-3-4-12-21-17;/h3-9,12,14,18H,10-11,13,20H2,1-2H3,(H,22,23);1H. The van der Waals surface area contributed by atoms with Crippen LogP contribution in [-0.4, -0.2) is 17.4 Å². The molecule has 0 saturated carbocycles. The topological polar surface area (TPSA) is 68.0 Å². The van der Waals surface area contributed by atoms with E-state index in [2.05, 4.69) is 36.3 Å². The Bertz CT molecular complexity index is 614. The van der Waals surface area contributed by atoms with Crippen molar-refractivity contribution in [3.8, 4) is 0 Å². The van der Waals surface area contributed by atoms with Gasteiger partial charge in [-0.25, -0.2) is 0 Å².